The molecule has 22 heavy (non-hydrogen) atoms. The molecular formula is C13H21N5O3S. The van der Waals surface area contributed by atoms with Crippen molar-refractivity contribution in [3.05, 3.63) is 12.3 Å². The van der Waals surface area contributed by atoms with Gasteiger partial charge in [-0.2, -0.15) is 9.40 Å². The fourth-order valence-corrected chi connectivity index (χ4v) is 4.76. The molecule has 0 radical (unpaired) electrons. The Morgan fingerprint density at radius 1 is 1.36 bits per heavy atom. The first-order valence-electron chi connectivity index (χ1n) is 7.48. The molecule has 0 saturated carbocycles. The molecule has 2 aliphatic rings. The van der Waals surface area contributed by atoms with Crippen LogP contribution in [0.4, 0.5) is 0 Å². The van der Waals surface area contributed by atoms with Gasteiger partial charge in [0.05, 0.1) is 12.7 Å². The van der Waals surface area contributed by atoms with Crippen LogP contribution >= 0.6 is 0 Å². The van der Waals surface area contributed by atoms with Crippen molar-refractivity contribution in [2.75, 3.05) is 32.7 Å². The summed E-state index contributed by atoms with van der Waals surface area (Å²) in [5.74, 6) is 0.0519. The van der Waals surface area contributed by atoms with Gasteiger partial charge >= 0.3 is 0 Å². The van der Waals surface area contributed by atoms with Crippen LogP contribution in [-0.4, -0.2) is 72.1 Å². The number of aromatic nitrogens is 2. The van der Waals surface area contributed by atoms with E-state index in [1.807, 2.05) is 4.90 Å². The van der Waals surface area contributed by atoms with Crippen LogP contribution in [0.5, 0.6) is 0 Å². The highest BCUT2D eigenvalue weighted by molar-refractivity contribution is 7.89. The highest BCUT2D eigenvalue weighted by Crippen LogP contribution is 2.23. The van der Waals surface area contributed by atoms with Gasteiger partial charge in [-0.1, -0.05) is 0 Å². The maximum atomic E-state index is 12.7. The van der Waals surface area contributed by atoms with Crippen molar-refractivity contribution in [1.82, 2.24) is 24.3 Å². The zero-order valence-corrected chi connectivity index (χ0v) is 13.4. The second-order valence-electron chi connectivity index (χ2n) is 5.72. The Hall–Kier alpha value is -1.45. The molecular weight excluding hydrogens is 306 g/mol. The summed E-state index contributed by atoms with van der Waals surface area (Å²) in [6.45, 7) is 2.59. The summed E-state index contributed by atoms with van der Waals surface area (Å²) in [5.41, 5.74) is 0. The number of carbonyl (C=O) groups is 1. The monoisotopic (exact) mass is 327 g/mol. The van der Waals surface area contributed by atoms with Gasteiger partial charge in [-0.25, -0.2) is 8.42 Å². The summed E-state index contributed by atoms with van der Waals surface area (Å²) in [6.07, 6.45) is 3.09. The maximum Gasteiger partial charge on any atom is 0.260 e. The number of sulfonamides is 1. The summed E-state index contributed by atoms with van der Waals surface area (Å²) in [4.78, 5) is 13.8. The van der Waals surface area contributed by atoms with Gasteiger partial charge in [0.15, 0.2) is 5.03 Å². The van der Waals surface area contributed by atoms with E-state index in [1.54, 1.807) is 7.05 Å². The minimum Gasteiger partial charge on any atom is -0.336 e. The van der Waals surface area contributed by atoms with Gasteiger partial charge in [-0.15, -0.1) is 0 Å². The molecule has 9 heteroatoms. The topological polar surface area (TPSA) is 87.5 Å². The number of nitrogens with zero attached hydrogens (tertiary/aromatic N) is 4. The molecule has 1 aromatic heterocycles. The van der Waals surface area contributed by atoms with Crippen LogP contribution in [0.25, 0.3) is 0 Å². The van der Waals surface area contributed by atoms with Crippen LogP contribution in [0.1, 0.15) is 12.8 Å². The van der Waals surface area contributed by atoms with Crippen molar-refractivity contribution >= 4 is 15.9 Å². The van der Waals surface area contributed by atoms with E-state index in [1.165, 1.54) is 21.3 Å². The van der Waals surface area contributed by atoms with Gasteiger partial charge in [-0.3, -0.25) is 9.48 Å². The van der Waals surface area contributed by atoms with E-state index in [0.29, 0.717) is 26.2 Å². The van der Waals surface area contributed by atoms with Gasteiger partial charge in [0, 0.05) is 39.3 Å². The second kappa shape index (κ2) is 5.98. The van der Waals surface area contributed by atoms with Crippen LogP contribution in [0.3, 0.4) is 0 Å². The fourth-order valence-electron chi connectivity index (χ4n) is 3.15. The average Bonchev–Trinajstić information content (AvgIpc) is 2.95. The molecule has 3 rings (SSSR count). The maximum absolute atomic E-state index is 12.7. The lowest BCUT2D eigenvalue weighted by Gasteiger charge is -2.40. The van der Waals surface area contributed by atoms with Gasteiger partial charge < -0.3 is 10.2 Å². The van der Waals surface area contributed by atoms with Crippen LogP contribution in [0.2, 0.25) is 0 Å². The minimum atomic E-state index is -3.56. The molecule has 1 N–H and O–H groups in total. The van der Waals surface area contributed by atoms with Crippen molar-refractivity contribution in [3.8, 4) is 0 Å². The Balaban J connectivity index is 1.78. The van der Waals surface area contributed by atoms with Gasteiger partial charge in [0.25, 0.3) is 10.0 Å². The quantitative estimate of drug-likeness (QED) is 0.770. The van der Waals surface area contributed by atoms with E-state index in [9.17, 15) is 13.2 Å². The van der Waals surface area contributed by atoms with Gasteiger partial charge in [-0.05, 0) is 18.9 Å². The van der Waals surface area contributed by atoms with Crippen LogP contribution in [0, 0.1) is 0 Å². The SMILES string of the molecule is Cn1nccc1S(=O)(=O)N1CCCC(N2CCNCC2=O)C1. The number of carbonyl (C=O) groups excluding carboxylic acids is 1. The number of aryl methyl sites for hydroxylation is 1. The number of piperazine rings is 1. The van der Waals surface area contributed by atoms with Crippen molar-refractivity contribution in [3.63, 3.8) is 0 Å². The predicted octanol–water partition coefficient (Wildman–Crippen LogP) is -0.995. The third kappa shape index (κ3) is 2.75. The standard InChI is InChI=1S/C13H21N5O3S/c1-16-13(4-5-15-16)22(20,21)17-7-2-3-11(10-17)18-8-6-14-9-12(18)19/h4-5,11,14H,2-3,6-10H2,1H3. The Kier molecular flexibility index (Phi) is 4.20. The van der Waals surface area contributed by atoms with Crippen molar-refractivity contribution in [2.45, 2.75) is 23.9 Å². The summed E-state index contributed by atoms with van der Waals surface area (Å²) in [5, 5.41) is 7.17. The largest absolute Gasteiger partial charge is 0.336 e. The highest BCUT2D eigenvalue weighted by atomic mass is 32.2. The van der Waals surface area contributed by atoms with E-state index in [0.717, 1.165) is 19.4 Å². The Morgan fingerprint density at radius 3 is 2.86 bits per heavy atom. The fraction of sp³-hybridized carbons (Fsp3) is 0.692. The number of hydrogen-bond donors (Lipinski definition) is 1. The summed E-state index contributed by atoms with van der Waals surface area (Å²) >= 11 is 0. The molecule has 1 aromatic rings. The molecule has 0 aliphatic carbocycles. The number of rotatable bonds is 3. The first-order chi connectivity index (χ1) is 10.5. The highest BCUT2D eigenvalue weighted by Gasteiger charge is 2.36. The number of hydrogen-bond acceptors (Lipinski definition) is 5. The first-order valence-corrected chi connectivity index (χ1v) is 8.92. The molecule has 1 atom stereocenters. The minimum absolute atomic E-state index is 0.0358. The molecule has 3 heterocycles. The number of nitrogens with one attached hydrogen (secondary N) is 1. The molecule has 2 saturated heterocycles. The molecule has 1 amide bonds. The van der Waals surface area contributed by atoms with Gasteiger partial charge in [0.1, 0.15) is 0 Å². The smallest absolute Gasteiger partial charge is 0.260 e. The zero-order chi connectivity index (χ0) is 15.7. The molecule has 2 fully saturated rings. The summed E-state index contributed by atoms with van der Waals surface area (Å²) in [7, 11) is -1.94. The molecule has 0 spiro atoms. The lowest BCUT2D eigenvalue weighted by molar-refractivity contribution is -0.135. The zero-order valence-electron chi connectivity index (χ0n) is 12.6. The molecule has 122 valence electrons. The van der Waals surface area contributed by atoms with E-state index in [4.69, 9.17) is 0 Å². The average molecular weight is 327 g/mol. The van der Waals surface area contributed by atoms with Crippen LogP contribution in [-0.2, 0) is 21.9 Å². The van der Waals surface area contributed by atoms with Crippen molar-refractivity contribution in [1.29, 1.82) is 0 Å². The Labute approximate surface area is 130 Å². The Morgan fingerprint density at radius 2 is 2.18 bits per heavy atom. The summed E-state index contributed by atoms with van der Waals surface area (Å²) < 4.78 is 28.3. The third-order valence-corrected chi connectivity index (χ3v) is 6.25. The lowest BCUT2D eigenvalue weighted by Crippen LogP contribution is -2.57. The normalized spacial score (nSPS) is 24.7. The first kappa shape index (κ1) is 15.4. The van der Waals surface area contributed by atoms with Crippen molar-refractivity contribution < 1.29 is 13.2 Å². The second-order valence-corrected chi connectivity index (χ2v) is 7.60. The van der Waals surface area contributed by atoms with E-state index in [-0.39, 0.29) is 17.0 Å². The molecule has 1 unspecified atom stereocenters. The van der Waals surface area contributed by atoms with E-state index >= 15 is 0 Å². The molecule has 2 aliphatic heterocycles. The molecule has 0 bridgehead atoms. The van der Waals surface area contributed by atoms with E-state index in [2.05, 4.69) is 10.4 Å². The van der Waals surface area contributed by atoms with Crippen molar-refractivity contribution in [2.24, 2.45) is 7.05 Å². The molecule has 0 aromatic carbocycles. The van der Waals surface area contributed by atoms with Crippen LogP contribution < -0.4 is 5.32 Å². The summed E-state index contributed by atoms with van der Waals surface area (Å²) in [6, 6.07) is 1.47. The third-order valence-electron chi connectivity index (χ3n) is 4.31. The Bertz CT molecular complexity index is 656. The van der Waals surface area contributed by atoms with Gasteiger partial charge in [0.2, 0.25) is 5.91 Å². The molecule has 8 nitrogen and oxygen atoms in total. The van der Waals surface area contributed by atoms with E-state index < -0.39 is 10.0 Å². The predicted molar refractivity (Wildman–Crippen MR) is 79.6 cm³/mol. The number of piperidine rings is 1. The lowest BCUT2D eigenvalue weighted by atomic mass is 10.1. The van der Waals surface area contributed by atoms with Crippen LogP contribution in [0.15, 0.2) is 17.3 Å². The number of amides is 1.